The smallest absolute Gasteiger partial charge is 0.131 e. The molecule has 0 spiro atoms. The molecule has 1 aliphatic heterocycles. The van der Waals surface area contributed by atoms with Crippen LogP contribution in [0.2, 0.25) is 0 Å². The fraction of sp³-hybridized carbons (Fsp3) is 0.333. The largest absolute Gasteiger partial charge is 0.370 e. The van der Waals surface area contributed by atoms with Gasteiger partial charge in [-0.25, -0.2) is 0 Å². The Bertz CT molecular complexity index is 907. The number of rotatable bonds is 10. The highest BCUT2D eigenvalue weighted by Crippen LogP contribution is 2.34. The molecule has 4 atom stereocenters. The Morgan fingerprint density at radius 3 is 1.53 bits per heavy atom. The SMILES string of the molecule is COC1SC[C@@H](OCc2ccccc2)[C@@H](OCc2ccccc2)[C@H]1OCc1ccccc1. The summed E-state index contributed by atoms with van der Waals surface area (Å²) in [5.41, 5.74) is 3.29. The minimum Gasteiger partial charge on any atom is -0.370 e. The first kappa shape index (κ1) is 23.0. The molecular formula is C27H30O4S. The quantitative estimate of drug-likeness (QED) is 0.410. The van der Waals surface area contributed by atoms with Crippen molar-refractivity contribution in [1.82, 2.24) is 0 Å². The molecule has 0 saturated carbocycles. The van der Waals surface area contributed by atoms with E-state index in [1.165, 1.54) is 0 Å². The van der Waals surface area contributed by atoms with Crippen LogP contribution in [0.5, 0.6) is 0 Å². The van der Waals surface area contributed by atoms with Gasteiger partial charge in [0, 0.05) is 12.9 Å². The van der Waals surface area contributed by atoms with Gasteiger partial charge in [0.2, 0.25) is 0 Å². The van der Waals surface area contributed by atoms with Crippen molar-refractivity contribution in [3.8, 4) is 0 Å². The second kappa shape index (κ2) is 12.2. The molecular weight excluding hydrogens is 420 g/mol. The maximum Gasteiger partial charge on any atom is 0.131 e. The van der Waals surface area contributed by atoms with Crippen molar-refractivity contribution in [2.75, 3.05) is 12.9 Å². The molecule has 3 aromatic rings. The van der Waals surface area contributed by atoms with E-state index in [4.69, 9.17) is 18.9 Å². The van der Waals surface area contributed by atoms with Crippen molar-refractivity contribution < 1.29 is 18.9 Å². The van der Waals surface area contributed by atoms with E-state index in [0.717, 1.165) is 22.4 Å². The second-order valence-electron chi connectivity index (χ2n) is 7.79. The molecule has 4 nitrogen and oxygen atoms in total. The van der Waals surface area contributed by atoms with Gasteiger partial charge in [0.15, 0.2) is 0 Å². The van der Waals surface area contributed by atoms with Gasteiger partial charge in [-0.1, -0.05) is 91.0 Å². The zero-order chi connectivity index (χ0) is 22.0. The van der Waals surface area contributed by atoms with Gasteiger partial charge in [-0.3, -0.25) is 0 Å². The van der Waals surface area contributed by atoms with Gasteiger partial charge in [0.05, 0.1) is 25.9 Å². The summed E-state index contributed by atoms with van der Waals surface area (Å²) in [7, 11) is 1.73. The normalized spacial score (nSPS) is 23.2. The van der Waals surface area contributed by atoms with Crippen LogP contribution in [0, 0.1) is 0 Å². The van der Waals surface area contributed by atoms with Gasteiger partial charge in [-0.05, 0) is 16.7 Å². The monoisotopic (exact) mass is 450 g/mol. The molecule has 0 radical (unpaired) electrons. The van der Waals surface area contributed by atoms with Gasteiger partial charge >= 0.3 is 0 Å². The summed E-state index contributed by atoms with van der Waals surface area (Å²) >= 11 is 1.72. The van der Waals surface area contributed by atoms with E-state index in [0.29, 0.717) is 19.8 Å². The van der Waals surface area contributed by atoms with Crippen molar-refractivity contribution in [2.24, 2.45) is 0 Å². The predicted octanol–water partition coefficient (Wildman–Crippen LogP) is 5.46. The topological polar surface area (TPSA) is 36.9 Å². The van der Waals surface area contributed by atoms with Crippen LogP contribution >= 0.6 is 11.8 Å². The maximum absolute atomic E-state index is 6.46. The van der Waals surface area contributed by atoms with E-state index in [1.54, 1.807) is 18.9 Å². The van der Waals surface area contributed by atoms with Crippen molar-refractivity contribution in [3.63, 3.8) is 0 Å². The first-order chi connectivity index (χ1) is 15.8. The van der Waals surface area contributed by atoms with Crippen LogP contribution in [0.25, 0.3) is 0 Å². The minimum absolute atomic E-state index is 0.101. The summed E-state index contributed by atoms with van der Waals surface area (Å²) in [6.45, 7) is 1.55. The third-order valence-electron chi connectivity index (χ3n) is 5.49. The van der Waals surface area contributed by atoms with E-state index >= 15 is 0 Å². The van der Waals surface area contributed by atoms with Crippen LogP contribution in [0.4, 0.5) is 0 Å². The first-order valence-electron chi connectivity index (χ1n) is 10.9. The average Bonchev–Trinajstić information content (AvgIpc) is 2.87. The Labute approximate surface area is 194 Å². The van der Waals surface area contributed by atoms with Crippen molar-refractivity contribution in [1.29, 1.82) is 0 Å². The zero-order valence-corrected chi connectivity index (χ0v) is 19.2. The lowest BCUT2D eigenvalue weighted by molar-refractivity contribution is -0.169. The van der Waals surface area contributed by atoms with Crippen molar-refractivity contribution in [2.45, 2.75) is 43.6 Å². The highest BCUT2D eigenvalue weighted by atomic mass is 32.2. The van der Waals surface area contributed by atoms with Crippen molar-refractivity contribution in [3.05, 3.63) is 108 Å². The zero-order valence-electron chi connectivity index (χ0n) is 18.3. The van der Waals surface area contributed by atoms with Crippen LogP contribution in [0.1, 0.15) is 16.7 Å². The van der Waals surface area contributed by atoms with Crippen LogP contribution in [-0.2, 0) is 38.8 Å². The van der Waals surface area contributed by atoms with Gasteiger partial charge in [-0.15, -0.1) is 11.8 Å². The molecule has 0 aromatic heterocycles. The summed E-state index contributed by atoms with van der Waals surface area (Å²) in [5.74, 6) is 0.788. The van der Waals surface area contributed by atoms with Gasteiger partial charge in [0.25, 0.3) is 0 Å². The molecule has 168 valence electrons. The Hall–Kier alpha value is -2.15. The Balaban J connectivity index is 1.49. The molecule has 0 aliphatic carbocycles. The number of hydrogen-bond acceptors (Lipinski definition) is 5. The molecule has 1 saturated heterocycles. The average molecular weight is 451 g/mol. The third-order valence-corrected chi connectivity index (χ3v) is 6.80. The summed E-state index contributed by atoms with van der Waals surface area (Å²) in [4.78, 5) is 0. The number of benzene rings is 3. The third kappa shape index (κ3) is 6.44. The highest BCUT2D eigenvalue weighted by molar-refractivity contribution is 7.99. The Morgan fingerprint density at radius 2 is 1.06 bits per heavy atom. The van der Waals surface area contributed by atoms with E-state index in [1.807, 2.05) is 54.6 Å². The lowest BCUT2D eigenvalue weighted by Crippen LogP contribution is -2.53. The number of hydrogen-bond donors (Lipinski definition) is 0. The Morgan fingerprint density at radius 1 is 0.625 bits per heavy atom. The van der Waals surface area contributed by atoms with Crippen LogP contribution in [-0.4, -0.2) is 36.6 Å². The second-order valence-corrected chi connectivity index (χ2v) is 8.93. The van der Waals surface area contributed by atoms with Gasteiger partial charge < -0.3 is 18.9 Å². The number of methoxy groups -OCH3 is 1. The molecule has 0 bridgehead atoms. The molecule has 1 unspecified atom stereocenters. The van der Waals surface area contributed by atoms with Crippen LogP contribution in [0.3, 0.4) is 0 Å². The molecule has 1 fully saturated rings. The van der Waals surface area contributed by atoms with E-state index < -0.39 is 0 Å². The molecule has 0 N–H and O–H groups in total. The summed E-state index contributed by atoms with van der Waals surface area (Å²) in [5, 5.41) is 0. The number of thioether (sulfide) groups is 1. The standard InChI is InChI=1S/C27H30O4S/c1-28-27-26(31-19-23-15-9-4-10-16-23)25(30-18-22-13-7-3-8-14-22)24(20-32-27)29-17-21-11-5-2-6-12-21/h2-16,24-27H,17-20H2,1H3/t24-,25-,26-,27?/m1/s1. The summed E-state index contributed by atoms with van der Waals surface area (Å²) < 4.78 is 25.0. The van der Waals surface area contributed by atoms with E-state index in [2.05, 4.69) is 36.4 Å². The highest BCUT2D eigenvalue weighted by Gasteiger charge is 2.43. The lowest BCUT2D eigenvalue weighted by atomic mass is 10.1. The molecule has 1 aliphatic rings. The maximum atomic E-state index is 6.46. The van der Waals surface area contributed by atoms with Crippen molar-refractivity contribution >= 4 is 11.8 Å². The fourth-order valence-electron chi connectivity index (χ4n) is 3.78. The van der Waals surface area contributed by atoms with Crippen LogP contribution < -0.4 is 0 Å². The summed E-state index contributed by atoms with van der Waals surface area (Å²) in [6.07, 6.45) is -0.589. The fourth-order valence-corrected chi connectivity index (χ4v) is 5.00. The first-order valence-corrected chi connectivity index (χ1v) is 12.0. The molecule has 32 heavy (non-hydrogen) atoms. The van der Waals surface area contributed by atoms with Gasteiger partial charge in [0.1, 0.15) is 17.6 Å². The summed E-state index contributed by atoms with van der Waals surface area (Å²) in [6, 6.07) is 30.7. The minimum atomic E-state index is -0.247. The molecule has 4 rings (SSSR count). The molecule has 1 heterocycles. The van der Waals surface area contributed by atoms with Gasteiger partial charge in [-0.2, -0.15) is 0 Å². The van der Waals surface area contributed by atoms with E-state index in [-0.39, 0.29) is 23.7 Å². The Kier molecular flexibility index (Phi) is 8.77. The lowest BCUT2D eigenvalue weighted by Gasteiger charge is -2.41. The molecule has 0 amide bonds. The molecule has 5 heteroatoms. The predicted molar refractivity (Wildman–Crippen MR) is 128 cm³/mol. The molecule has 3 aromatic carbocycles. The van der Waals surface area contributed by atoms with E-state index in [9.17, 15) is 0 Å². The number of ether oxygens (including phenoxy) is 4. The van der Waals surface area contributed by atoms with Crippen LogP contribution in [0.15, 0.2) is 91.0 Å².